The topological polar surface area (TPSA) is 48.6 Å². The SMILES string of the molecule is [2H]n1ccc(=O)n1[2H]. The normalized spacial score (nSPS) is 13.3. The van der Waals surface area contributed by atoms with Crippen molar-refractivity contribution in [3.05, 3.63) is 22.6 Å². The van der Waals surface area contributed by atoms with Crippen molar-refractivity contribution in [1.29, 1.82) is 0 Å². The fraction of sp³-hybridized carbons (Fsp3) is 0. The molecule has 0 unspecified atom stereocenters. The highest BCUT2D eigenvalue weighted by atomic mass is 16.1. The highest BCUT2D eigenvalue weighted by Crippen LogP contribution is 1.53. The number of hydrogen-bond donors (Lipinski definition) is 2. The largest absolute Gasteiger partial charge is 0.305 e. The first kappa shape index (κ1) is 1.64. The van der Waals surface area contributed by atoms with Gasteiger partial charge in [-0.1, -0.05) is 0 Å². The predicted molar refractivity (Wildman–Crippen MR) is 21.4 cm³/mol. The van der Waals surface area contributed by atoms with Crippen LogP contribution in [0.15, 0.2) is 17.1 Å². The zero-order valence-corrected chi connectivity index (χ0v) is 2.96. The van der Waals surface area contributed by atoms with Crippen molar-refractivity contribution < 1.29 is 2.82 Å². The molecule has 0 aliphatic rings. The molecule has 32 valence electrons. The summed E-state index contributed by atoms with van der Waals surface area (Å²) in [6, 6.07) is 1.15. The summed E-state index contributed by atoms with van der Waals surface area (Å²) in [5.74, 6) is 0. The van der Waals surface area contributed by atoms with Gasteiger partial charge in [0, 0.05) is 12.3 Å². The van der Waals surface area contributed by atoms with Crippen LogP contribution in [0, 0.1) is 0 Å². The van der Waals surface area contributed by atoms with Gasteiger partial charge in [0.25, 0.3) is 5.56 Å². The lowest BCUT2D eigenvalue weighted by Crippen LogP contribution is -1.93. The fourth-order valence-electron chi connectivity index (χ4n) is 0.221. The molecule has 0 fully saturated rings. The molecule has 0 spiro atoms. The minimum atomic E-state index is -0.486. The molecule has 0 bridgehead atoms. The van der Waals surface area contributed by atoms with E-state index in [9.17, 15) is 4.79 Å². The Balaban J connectivity index is 3.41. The molecule has 0 saturated carbocycles. The van der Waals surface area contributed by atoms with Crippen molar-refractivity contribution in [3.63, 3.8) is 0 Å². The summed E-state index contributed by atoms with van der Waals surface area (Å²) in [4.78, 5) is 10.3. The summed E-state index contributed by atoms with van der Waals surface area (Å²) in [5, 5.41) is 1.09. The Kier molecular flexibility index (Phi) is 0.275. The predicted octanol–water partition coefficient (Wildman–Crippen LogP) is -0.297. The number of nitrogens with one attached hydrogen (secondary N) is 2. The third-order valence-electron chi connectivity index (χ3n) is 0.440. The number of hydrogen-bond acceptors (Lipinski definition) is 1. The first-order valence-corrected chi connectivity index (χ1v) is 1.51. The monoisotopic (exact) mass is 86.0 g/mol. The van der Waals surface area contributed by atoms with Crippen molar-refractivity contribution in [2.45, 2.75) is 0 Å². The molecule has 0 atom stereocenters. The molecule has 0 aliphatic heterocycles. The molecule has 1 aromatic rings. The zero-order valence-electron chi connectivity index (χ0n) is 4.96. The van der Waals surface area contributed by atoms with E-state index in [0.717, 1.165) is 6.07 Å². The van der Waals surface area contributed by atoms with Gasteiger partial charge in [-0.25, -0.2) is 0 Å². The van der Waals surface area contributed by atoms with Crippen LogP contribution < -0.4 is 5.56 Å². The maximum absolute atomic E-state index is 10.3. The smallest absolute Gasteiger partial charge is 0.263 e. The van der Waals surface area contributed by atoms with Gasteiger partial charge in [-0.3, -0.25) is 9.89 Å². The van der Waals surface area contributed by atoms with E-state index in [1.807, 2.05) is 0 Å². The van der Waals surface area contributed by atoms with Crippen LogP contribution in [-0.4, -0.2) is 10.2 Å². The van der Waals surface area contributed by atoms with E-state index in [-0.39, 0.29) is 0 Å². The molecule has 1 heterocycles. The first-order valence-electron chi connectivity index (χ1n) is 2.40. The van der Waals surface area contributed by atoms with E-state index >= 15 is 0 Å². The minimum Gasteiger partial charge on any atom is -0.305 e. The first-order chi connectivity index (χ1) is 3.72. The van der Waals surface area contributed by atoms with E-state index < -0.39 is 5.56 Å². The highest BCUT2D eigenvalue weighted by molar-refractivity contribution is 4.75. The summed E-state index contributed by atoms with van der Waals surface area (Å²) in [6.45, 7) is 0. The summed E-state index contributed by atoms with van der Waals surface area (Å²) in [5.41, 5.74) is -0.486. The van der Waals surface area contributed by atoms with E-state index in [1.165, 1.54) is 6.20 Å². The van der Waals surface area contributed by atoms with Crippen LogP contribution in [0.2, 0.25) is 2.82 Å². The lowest BCUT2D eigenvalue weighted by Gasteiger charge is -1.55. The summed E-state index contributed by atoms with van der Waals surface area (Å²) < 4.78 is 13.4. The van der Waals surface area contributed by atoms with Crippen molar-refractivity contribution in [1.82, 2.24) is 10.2 Å². The third-order valence-corrected chi connectivity index (χ3v) is 0.440. The van der Waals surface area contributed by atoms with Crippen molar-refractivity contribution >= 4 is 0 Å². The summed E-state index contributed by atoms with van der Waals surface area (Å²) in [6.07, 6.45) is 1.20. The number of rotatable bonds is 0. The third kappa shape index (κ3) is 0.337. The van der Waals surface area contributed by atoms with E-state index in [1.54, 1.807) is 0 Å². The van der Waals surface area contributed by atoms with Gasteiger partial charge < -0.3 is 5.09 Å². The van der Waals surface area contributed by atoms with Gasteiger partial charge in [-0.15, -0.1) is 0 Å². The summed E-state index contributed by atoms with van der Waals surface area (Å²) >= 11 is 0. The van der Waals surface area contributed by atoms with Gasteiger partial charge in [0.05, 0.1) is 0 Å². The van der Waals surface area contributed by atoms with Crippen molar-refractivity contribution in [2.75, 3.05) is 0 Å². The zero-order chi connectivity index (χ0) is 6.15. The molecule has 3 heteroatoms. The second-order valence-electron chi connectivity index (χ2n) is 0.869. The standard InChI is InChI=1S/C3H4N2O/c6-3-1-2-4-5-3/h1-2H,(H2,4,5,6)/i/hD2. The van der Waals surface area contributed by atoms with Crippen LogP contribution in [0.25, 0.3) is 0 Å². The van der Waals surface area contributed by atoms with Crippen molar-refractivity contribution in [3.8, 4) is 0 Å². The molecular weight excluding hydrogens is 80.0 g/mol. The summed E-state index contributed by atoms with van der Waals surface area (Å²) in [7, 11) is 0. The molecule has 0 radical (unpaired) electrons. The Bertz CT molecular complexity index is 238. The average Bonchev–Trinajstić information content (AvgIpc) is 1.98. The van der Waals surface area contributed by atoms with Crippen LogP contribution >= 0.6 is 0 Å². The van der Waals surface area contributed by atoms with Crippen LogP contribution in [0.1, 0.15) is 0 Å². The van der Waals surface area contributed by atoms with Gasteiger partial charge in [-0.2, -0.15) is 0 Å². The highest BCUT2D eigenvalue weighted by Gasteiger charge is 1.70. The molecule has 0 saturated heterocycles. The average molecular weight is 86.1 g/mol. The van der Waals surface area contributed by atoms with E-state index in [2.05, 4.69) is 0 Å². The second-order valence-corrected chi connectivity index (χ2v) is 0.869. The lowest BCUT2D eigenvalue weighted by atomic mass is 10.7. The molecule has 2 N–H and O–H groups in total. The Labute approximate surface area is 36.9 Å². The number of aromatic amines is 2. The Morgan fingerprint density at radius 2 is 2.83 bits per heavy atom. The molecule has 1 aromatic heterocycles. The number of H-pyrrole nitrogens is 2. The Hall–Kier alpha value is -0.990. The van der Waals surface area contributed by atoms with E-state index in [0.29, 0.717) is 10.2 Å². The van der Waals surface area contributed by atoms with Crippen molar-refractivity contribution in [2.24, 2.45) is 0 Å². The molecule has 6 heavy (non-hydrogen) atoms. The Morgan fingerprint density at radius 3 is 3.00 bits per heavy atom. The number of aromatic nitrogens is 2. The van der Waals surface area contributed by atoms with E-state index in [4.69, 9.17) is 2.82 Å². The lowest BCUT2D eigenvalue weighted by molar-refractivity contribution is 1.06. The maximum Gasteiger partial charge on any atom is 0.263 e. The molecule has 3 nitrogen and oxygen atoms in total. The molecule has 0 aromatic carbocycles. The second kappa shape index (κ2) is 1.01. The fourth-order valence-corrected chi connectivity index (χ4v) is 0.221. The van der Waals surface area contributed by atoms with Gasteiger partial charge >= 0.3 is 0 Å². The van der Waals surface area contributed by atoms with Crippen LogP contribution in [-0.2, 0) is 0 Å². The van der Waals surface area contributed by atoms with Crippen LogP contribution in [0.3, 0.4) is 0 Å². The molecular formula is C3H4N2O. The molecule has 1 rings (SSSR count). The van der Waals surface area contributed by atoms with Gasteiger partial charge in [0.15, 0.2) is 2.82 Å². The Morgan fingerprint density at radius 1 is 2.00 bits per heavy atom. The maximum atomic E-state index is 10.3. The van der Waals surface area contributed by atoms with Gasteiger partial charge in [0.1, 0.15) is 0 Å². The van der Waals surface area contributed by atoms with Crippen LogP contribution in [0.4, 0.5) is 0 Å². The van der Waals surface area contributed by atoms with Gasteiger partial charge in [-0.05, 0) is 0 Å². The quantitative estimate of drug-likeness (QED) is 0.447. The van der Waals surface area contributed by atoms with Crippen LogP contribution in [0.5, 0.6) is 0 Å². The van der Waals surface area contributed by atoms with Gasteiger partial charge in [0.2, 0.25) is 0 Å². The minimum absolute atomic E-state index is 0.444. The molecule has 0 aliphatic carbocycles. The molecule has 0 amide bonds.